The second-order valence-electron chi connectivity index (χ2n) is 4.67. The van der Waals surface area contributed by atoms with Gasteiger partial charge in [0, 0.05) is 6.42 Å². The third kappa shape index (κ3) is 2.50. The van der Waals surface area contributed by atoms with Crippen LogP contribution in [0.5, 0.6) is 0 Å². The highest BCUT2D eigenvalue weighted by Gasteiger charge is 2.38. The van der Waals surface area contributed by atoms with Crippen LogP contribution in [0.25, 0.3) is 0 Å². The van der Waals surface area contributed by atoms with Gasteiger partial charge in [0.15, 0.2) is 0 Å². The molecule has 1 fully saturated rings. The predicted octanol–water partition coefficient (Wildman–Crippen LogP) is 1.53. The van der Waals surface area contributed by atoms with Crippen molar-refractivity contribution in [3.05, 3.63) is 60.7 Å². The second kappa shape index (κ2) is 5.56. The zero-order valence-corrected chi connectivity index (χ0v) is 11.7. The number of carbonyl (C=O) groups is 2. The number of carbonyl (C=O) groups excluding carboxylic acids is 2. The largest absolute Gasteiger partial charge is 0.296 e. The molecule has 100 valence electrons. The summed E-state index contributed by atoms with van der Waals surface area (Å²) in [5.41, 5.74) is -0.262. The van der Waals surface area contributed by atoms with E-state index in [9.17, 15) is 9.59 Å². The first kappa shape index (κ1) is 13.0. The van der Waals surface area contributed by atoms with Crippen LogP contribution in [0.1, 0.15) is 6.42 Å². The van der Waals surface area contributed by atoms with Gasteiger partial charge in [0.2, 0.25) is 11.8 Å². The number of nitrogens with one attached hydrogen (secondary N) is 1. The molecule has 1 saturated heterocycles. The van der Waals surface area contributed by atoms with Crippen LogP contribution in [0.2, 0.25) is 0 Å². The van der Waals surface area contributed by atoms with E-state index in [-0.39, 0.29) is 23.9 Å². The summed E-state index contributed by atoms with van der Waals surface area (Å²) in [6.45, 7) is 0. The standard InChI is InChI=1S/C16H14NO2P/c18-15-11-14(16(19)17-15)20(12-7-3-1-4-8-12)13-9-5-2-6-10-13/h1-10,14H,11H2,(H,17,18,19). The molecular formula is C16H14NO2P. The summed E-state index contributed by atoms with van der Waals surface area (Å²) < 4.78 is 0. The van der Waals surface area contributed by atoms with Crippen molar-refractivity contribution in [2.75, 3.05) is 0 Å². The molecular weight excluding hydrogens is 269 g/mol. The first-order valence-electron chi connectivity index (χ1n) is 6.49. The van der Waals surface area contributed by atoms with Gasteiger partial charge < -0.3 is 0 Å². The maximum atomic E-state index is 12.1. The average molecular weight is 283 g/mol. The summed E-state index contributed by atoms with van der Waals surface area (Å²) in [5.74, 6) is -0.312. The Morgan fingerprint density at radius 3 is 1.75 bits per heavy atom. The van der Waals surface area contributed by atoms with Gasteiger partial charge in [-0.15, -0.1) is 0 Å². The van der Waals surface area contributed by atoms with E-state index in [1.54, 1.807) is 0 Å². The normalized spacial score (nSPS) is 18.4. The van der Waals surface area contributed by atoms with Crippen LogP contribution in [0.4, 0.5) is 0 Å². The molecule has 2 aromatic rings. The van der Waals surface area contributed by atoms with E-state index in [2.05, 4.69) is 5.32 Å². The lowest BCUT2D eigenvalue weighted by atomic mass is 10.3. The lowest BCUT2D eigenvalue weighted by Gasteiger charge is -2.22. The summed E-state index contributed by atoms with van der Waals surface area (Å²) in [4.78, 5) is 23.6. The van der Waals surface area contributed by atoms with Crippen LogP contribution < -0.4 is 15.9 Å². The highest BCUT2D eigenvalue weighted by Crippen LogP contribution is 2.42. The topological polar surface area (TPSA) is 46.2 Å². The van der Waals surface area contributed by atoms with Crippen molar-refractivity contribution in [3.63, 3.8) is 0 Å². The van der Waals surface area contributed by atoms with Gasteiger partial charge in [-0.25, -0.2) is 0 Å². The quantitative estimate of drug-likeness (QED) is 0.686. The number of hydrogen-bond donors (Lipinski definition) is 1. The van der Waals surface area contributed by atoms with Gasteiger partial charge in [-0.05, 0) is 18.5 Å². The molecule has 2 aromatic carbocycles. The zero-order chi connectivity index (χ0) is 13.9. The molecule has 1 aliphatic rings. The van der Waals surface area contributed by atoms with Crippen LogP contribution in [0.3, 0.4) is 0 Å². The number of rotatable bonds is 3. The van der Waals surface area contributed by atoms with Crippen molar-refractivity contribution in [2.24, 2.45) is 0 Å². The molecule has 3 nitrogen and oxygen atoms in total. The fourth-order valence-corrected chi connectivity index (χ4v) is 5.09. The Kier molecular flexibility index (Phi) is 3.62. The molecule has 0 radical (unpaired) electrons. The third-order valence-electron chi connectivity index (χ3n) is 3.32. The van der Waals surface area contributed by atoms with E-state index in [0.29, 0.717) is 0 Å². The van der Waals surface area contributed by atoms with Crippen LogP contribution in [0.15, 0.2) is 60.7 Å². The minimum atomic E-state index is -0.851. The number of imide groups is 1. The molecule has 1 unspecified atom stereocenters. The van der Waals surface area contributed by atoms with E-state index in [0.717, 1.165) is 10.6 Å². The molecule has 2 amide bonds. The van der Waals surface area contributed by atoms with Gasteiger partial charge >= 0.3 is 0 Å². The molecule has 4 heteroatoms. The summed E-state index contributed by atoms with van der Waals surface area (Å²) >= 11 is 0. The molecule has 0 aromatic heterocycles. The van der Waals surface area contributed by atoms with Crippen LogP contribution in [-0.2, 0) is 9.59 Å². The molecule has 0 bridgehead atoms. The van der Waals surface area contributed by atoms with E-state index < -0.39 is 7.92 Å². The van der Waals surface area contributed by atoms with E-state index >= 15 is 0 Å². The van der Waals surface area contributed by atoms with Crippen molar-refractivity contribution in [1.29, 1.82) is 0 Å². The summed E-state index contributed by atoms with van der Waals surface area (Å²) in [7, 11) is -0.851. The highest BCUT2D eigenvalue weighted by atomic mass is 31.1. The molecule has 1 N–H and O–H groups in total. The molecule has 3 rings (SSSR count). The molecule has 20 heavy (non-hydrogen) atoms. The fraction of sp³-hybridized carbons (Fsp3) is 0.125. The van der Waals surface area contributed by atoms with Crippen molar-refractivity contribution >= 4 is 30.3 Å². The Morgan fingerprint density at radius 2 is 1.35 bits per heavy atom. The Bertz CT molecular complexity index is 588. The fourth-order valence-electron chi connectivity index (χ4n) is 2.43. The Balaban J connectivity index is 2.05. The first-order valence-corrected chi connectivity index (χ1v) is 7.90. The van der Waals surface area contributed by atoms with Gasteiger partial charge in [0.05, 0.1) is 5.66 Å². The van der Waals surface area contributed by atoms with Crippen LogP contribution >= 0.6 is 7.92 Å². The van der Waals surface area contributed by atoms with Crippen molar-refractivity contribution < 1.29 is 9.59 Å². The number of hydrogen-bond acceptors (Lipinski definition) is 2. The van der Waals surface area contributed by atoms with Crippen molar-refractivity contribution in [2.45, 2.75) is 12.1 Å². The number of benzene rings is 2. The van der Waals surface area contributed by atoms with E-state index in [1.807, 2.05) is 60.7 Å². The minimum Gasteiger partial charge on any atom is -0.296 e. The van der Waals surface area contributed by atoms with Crippen LogP contribution in [-0.4, -0.2) is 17.5 Å². The smallest absolute Gasteiger partial charge is 0.235 e. The Morgan fingerprint density at radius 1 is 0.850 bits per heavy atom. The van der Waals surface area contributed by atoms with Gasteiger partial charge in [0.25, 0.3) is 0 Å². The van der Waals surface area contributed by atoms with Gasteiger partial charge in [-0.3, -0.25) is 14.9 Å². The predicted molar refractivity (Wildman–Crippen MR) is 80.6 cm³/mol. The lowest BCUT2D eigenvalue weighted by molar-refractivity contribution is -0.124. The average Bonchev–Trinajstić information content (AvgIpc) is 2.80. The summed E-state index contributed by atoms with van der Waals surface area (Å²) in [6, 6.07) is 20.0. The summed E-state index contributed by atoms with van der Waals surface area (Å²) in [6.07, 6.45) is 0.286. The van der Waals surface area contributed by atoms with Crippen molar-refractivity contribution in [1.82, 2.24) is 5.32 Å². The maximum absolute atomic E-state index is 12.1. The monoisotopic (exact) mass is 283 g/mol. The Labute approximate surface area is 118 Å². The molecule has 1 heterocycles. The van der Waals surface area contributed by atoms with E-state index in [4.69, 9.17) is 0 Å². The van der Waals surface area contributed by atoms with Gasteiger partial charge in [-0.2, -0.15) is 0 Å². The minimum absolute atomic E-state index is 0.145. The van der Waals surface area contributed by atoms with Gasteiger partial charge in [0.1, 0.15) is 0 Å². The highest BCUT2D eigenvalue weighted by molar-refractivity contribution is 7.74. The lowest BCUT2D eigenvalue weighted by Crippen LogP contribution is -2.29. The number of amides is 2. The second-order valence-corrected chi connectivity index (χ2v) is 7.07. The van der Waals surface area contributed by atoms with Crippen LogP contribution in [0, 0.1) is 0 Å². The van der Waals surface area contributed by atoms with Crippen molar-refractivity contribution in [3.8, 4) is 0 Å². The molecule has 1 aliphatic heterocycles. The van der Waals surface area contributed by atoms with E-state index in [1.165, 1.54) is 0 Å². The molecule has 0 saturated carbocycles. The molecule has 1 atom stereocenters. The Hall–Kier alpha value is -1.99. The SMILES string of the molecule is O=C1CC(P(c2ccccc2)c2ccccc2)C(=O)N1. The first-order chi connectivity index (χ1) is 9.75. The molecule has 0 spiro atoms. The summed E-state index contributed by atoms with van der Waals surface area (Å²) in [5, 5.41) is 4.68. The third-order valence-corrected chi connectivity index (χ3v) is 6.07. The maximum Gasteiger partial charge on any atom is 0.235 e. The van der Waals surface area contributed by atoms with Gasteiger partial charge in [-0.1, -0.05) is 60.7 Å². The zero-order valence-electron chi connectivity index (χ0n) is 10.8. The molecule has 0 aliphatic carbocycles.